The maximum Gasteiger partial charge on any atom is 0.293 e. The van der Waals surface area contributed by atoms with Gasteiger partial charge in [-0.05, 0) is 18.1 Å². The molecule has 1 aromatic carbocycles. The summed E-state index contributed by atoms with van der Waals surface area (Å²) < 4.78 is 0. The first kappa shape index (κ1) is 12.6. The minimum Gasteiger partial charge on any atom is -0.321 e. The molecule has 1 amide bonds. The number of alkyl halides is 1. The summed E-state index contributed by atoms with van der Waals surface area (Å²) in [6, 6.07) is 4.80. The molecule has 0 saturated carbocycles. The van der Waals surface area contributed by atoms with Crippen molar-refractivity contribution in [1.29, 1.82) is 0 Å². The number of hydrogen-bond donors (Lipinski definition) is 1. The topological polar surface area (TPSA) is 72.2 Å². The van der Waals surface area contributed by atoms with Crippen molar-refractivity contribution in [2.24, 2.45) is 0 Å². The van der Waals surface area contributed by atoms with Crippen LogP contribution >= 0.6 is 15.9 Å². The molecule has 0 atom stereocenters. The summed E-state index contributed by atoms with van der Waals surface area (Å²) in [4.78, 5) is 21.2. The maximum atomic E-state index is 10.9. The van der Waals surface area contributed by atoms with E-state index in [0.29, 0.717) is 6.42 Å². The van der Waals surface area contributed by atoms with Crippen LogP contribution in [0.4, 0.5) is 11.4 Å². The van der Waals surface area contributed by atoms with E-state index in [4.69, 9.17) is 0 Å². The highest BCUT2D eigenvalue weighted by Gasteiger charge is 2.15. The van der Waals surface area contributed by atoms with Crippen LogP contribution in [0.3, 0.4) is 0 Å². The number of nitrogens with one attached hydrogen (secondary N) is 1. The van der Waals surface area contributed by atoms with Crippen LogP contribution in [-0.4, -0.2) is 16.2 Å². The van der Waals surface area contributed by atoms with Crippen molar-refractivity contribution in [3.8, 4) is 0 Å². The molecule has 0 bridgehead atoms. The van der Waals surface area contributed by atoms with Crippen LogP contribution < -0.4 is 5.32 Å². The van der Waals surface area contributed by atoms with Crippen LogP contribution in [0.5, 0.6) is 0 Å². The predicted molar refractivity (Wildman–Crippen MR) is 64.9 cm³/mol. The van der Waals surface area contributed by atoms with Crippen LogP contribution in [0.15, 0.2) is 18.2 Å². The highest BCUT2D eigenvalue weighted by atomic mass is 79.9. The van der Waals surface area contributed by atoms with E-state index in [1.165, 1.54) is 13.0 Å². The molecule has 86 valence electrons. The first-order chi connectivity index (χ1) is 7.54. The van der Waals surface area contributed by atoms with Crippen LogP contribution in [0.25, 0.3) is 0 Å². The lowest BCUT2D eigenvalue weighted by Gasteiger charge is -2.05. The largest absolute Gasteiger partial charge is 0.321 e. The monoisotopic (exact) mass is 286 g/mol. The first-order valence-corrected chi connectivity index (χ1v) is 5.77. The maximum absolute atomic E-state index is 10.9. The molecule has 16 heavy (non-hydrogen) atoms. The highest BCUT2D eigenvalue weighted by molar-refractivity contribution is 9.09. The zero-order valence-electron chi connectivity index (χ0n) is 8.70. The second-order valence-electron chi connectivity index (χ2n) is 3.23. The first-order valence-electron chi connectivity index (χ1n) is 4.65. The Morgan fingerprint density at radius 3 is 2.75 bits per heavy atom. The average molecular weight is 287 g/mol. The molecule has 6 heteroatoms. The summed E-state index contributed by atoms with van der Waals surface area (Å²) in [5, 5.41) is 14.0. The summed E-state index contributed by atoms with van der Waals surface area (Å²) >= 11 is 3.27. The van der Waals surface area contributed by atoms with E-state index in [1.54, 1.807) is 12.1 Å². The summed E-state index contributed by atoms with van der Waals surface area (Å²) in [6.07, 6.45) is 0.710. The number of nitro benzene ring substituents is 1. The quantitative estimate of drug-likeness (QED) is 0.525. The number of carbonyl (C=O) groups is 1. The Labute approximate surface area is 101 Å². The smallest absolute Gasteiger partial charge is 0.293 e. The van der Waals surface area contributed by atoms with Gasteiger partial charge in [0.05, 0.1) is 4.92 Å². The lowest BCUT2D eigenvalue weighted by molar-refractivity contribution is -0.384. The van der Waals surface area contributed by atoms with E-state index in [1.807, 2.05) is 0 Å². The van der Waals surface area contributed by atoms with Gasteiger partial charge in [0.25, 0.3) is 5.69 Å². The van der Waals surface area contributed by atoms with Gasteiger partial charge in [-0.15, -0.1) is 0 Å². The standard InChI is InChI=1S/C10H11BrN2O3/c1-7(14)12-9-3-2-8(4-5-11)6-10(9)13(15)16/h2-3,6H,4-5H2,1H3,(H,12,14). The average Bonchev–Trinajstić information content (AvgIpc) is 2.19. The molecule has 1 N–H and O–H groups in total. The summed E-state index contributed by atoms with van der Waals surface area (Å²) in [5.74, 6) is -0.323. The number of aryl methyl sites for hydroxylation is 1. The molecule has 0 aliphatic rings. The van der Waals surface area contributed by atoms with Gasteiger partial charge in [0, 0.05) is 18.3 Å². The number of anilines is 1. The Hall–Kier alpha value is -1.43. The van der Waals surface area contributed by atoms with Crippen molar-refractivity contribution in [3.63, 3.8) is 0 Å². The van der Waals surface area contributed by atoms with E-state index in [0.717, 1.165) is 10.9 Å². The number of carbonyl (C=O) groups excluding carboxylic acids is 1. The van der Waals surface area contributed by atoms with Crippen molar-refractivity contribution in [1.82, 2.24) is 0 Å². The Morgan fingerprint density at radius 1 is 1.56 bits per heavy atom. The number of nitro groups is 1. The minimum atomic E-state index is -0.497. The van der Waals surface area contributed by atoms with Crippen LogP contribution in [0.1, 0.15) is 12.5 Å². The number of halogens is 1. The molecule has 5 nitrogen and oxygen atoms in total. The second-order valence-corrected chi connectivity index (χ2v) is 4.02. The fourth-order valence-electron chi connectivity index (χ4n) is 1.29. The molecule has 1 aromatic rings. The molecule has 0 heterocycles. The van der Waals surface area contributed by atoms with Crippen molar-refractivity contribution in [3.05, 3.63) is 33.9 Å². The predicted octanol–water partition coefficient (Wildman–Crippen LogP) is 2.49. The van der Waals surface area contributed by atoms with Gasteiger partial charge in [-0.1, -0.05) is 22.0 Å². The molecule has 0 aromatic heterocycles. The van der Waals surface area contributed by atoms with E-state index in [-0.39, 0.29) is 17.3 Å². The SMILES string of the molecule is CC(=O)Nc1ccc(CCBr)cc1[N+](=O)[O-]. The van der Waals surface area contributed by atoms with E-state index >= 15 is 0 Å². The second kappa shape index (κ2) is 5.60. The minimum absolute atomic E-state index is 0.0753. The number of benzene rings is 1. The van der Waals surface area contributed by atoms with Crippen molar-refractivity contribution < 1.29 is 9.72 Å². The normalized spacial score (nSPS) is 9.88. The molecule has 0 saturated heterocycles. The fraction of sp³-hybridized carbons (Fsp3) is 0.300. The zero-order chi connectivity index (χ0) is 12.1. The lowest BCUT2D eigenvalue weighted by atomic mass is 10.1. The Kier molecular flexibility index (Phi) is 4.42. The number of rotatable bonds is 4. The van der Waals surface area contributed by atoms with Crippen molar-refractivity contribution in [2.45, 2.75) is 13.3 Å². The molecule has 0 fully saturated rings. The zero-order valence-corrected chi connectivity index (χ0v) is 10.3. The Morgan fingerprint density at radius 2 is 2.25 bits per heavy atom. The van der Waals surface area contributed by atoms with Crippen molar-refractivity contribution >= 4 is 33.2 Å². The number of nitrogens with zero attached hydrogens (tertiary/aromatic N) is 1. The van der Waals surface area contributed by atoms with Gasteiger partial charge in [-0.2, -0.15) is 0 Å². The Bertz CT molecular complexity index is 421. The number of hydrogen-bond acceptors (Lipinski definition) is 3. The summed E-state index contributed by atoms with van der Waals surface area (Å²) in [6.45, 7) is 1.32. The van der Waals surface area contributed by atoms with Gasteiger partial charge >= 0.3 is 0 Å². The van der Waals surface area contributed by atoms with Gasteiger partial charge in [0.2, 0.25) is 5.91 Å². The lowest BCUT2D eigenvalue weighted by Crippen LogP contribution is -2.08. The van der Waals surface area contributed by atoms with Gasteiger partial charge in [-0.3, -0.25) is 14.9 Å². The molecule has 1 rings (SSSR count). The molecule has 0 spiro atoms. The molecular weight excluding hydrogens is 276 g/mol. The third-order valence-electron chi connectivity index (χ3n) is 1.95. The molecule has 0 aliphatic carbocycles. The van der Waals surface area contributed by atoms with Gasteiger partial charge in [-0.25, -0.2) is 0 Å². The van der Waals surface area contributed by atoms with Crippen LogP contribution in [0.2, 0.25) is 0 Å². The molecule has 0 radical (unpaired) electrons. The van der Waals surface area contributed by atoms with Gasteiger partial charge in [0.1, 0.15) is 5.69 Å². The third kappa shape index (κ3) is 3.30. The van der Waals surface area contributed by atoms with E-state index in [9.17, 15) is 14.9 Å². The van der Waals surface area contributed by atoms with Gasteiger partial charge < -0.3 is 5.32 Å². The Balaban J connectivity index is 3.08. The number of amides is 1. The van der Waals surface area contributed by atoms with E-state index in [2.05, 4.69) is 21.2 Å². The summed E-state index contributed by atoms with van der Waals surface area (Å²) in [7, 11) is 0. The fourth-order valence-corrected chi connectivity index (χ4v) is 1.75. The van der Waals surface area contributed by atoms with Gasteiger partial charge in [0.15, 0.2) is 0 Å². The third-order valence-corrected chi connectivity index (χ3v) is 2.35. The molecule has 0 unspecified atom stereocenters. The molecule has 0 aliphatic heterocycles. The van der Waals surface area contributed by atoms with Crippen LogP contribution in [0, 0.1) is 10.1 Å². The summed E-state index contributed by atoms with van der Waals surface area (Å²) in [5.41, 5.74) is 1.02. The van der Waals surface area contributed by atoms with Crippen molar-refractivity contribution in [2.75, 3.05) is 10.6 Å². The molecular formula is C10H11BrN2O3. The highest BCUT2D eigenvalue weighted by Crippen LogP contribution is 2.25. The van der Waals surface area contributed by atoms with Crippen LogP contribution in [-0.2, 0) is 11.2 Å². The van der Waals surface area contributed by atoms with E-state index < -0.39 is 4.92 Å².